The van der Waals surface area contributed by atoms with Crippen LogP contribution < -0.4 is 9.64 Å². The van der Waals surface area contributed by atoms with E-state index in [4.69, 9.17) is 13.9 Å². The summed E-state index contributed by atoms with van der Waals surface area (Å²) in [7, 11) is 1.27. The number of nitrogens with zero attached hydrogens (tertiary/aromatic N) is 1. The van der Waals surface area contributed by atoms with E-state index in [2.05, 4.69) is 6.92 Å². The number of Topliss-reactive ketones (excluding diaryl/α,β-unsaturated/α-hetero) is 1. The van der Waals surface area contributed by atoms with Crippen LogP contribution in [-0.4, -0.2) is 36.5 Å². The minimum absolute atomic E-state index is 0.0939. The van der Waals surface area contributed by atoms with Gasteiger partial charge in [0.2, 0.25) is 0 Å². The predicted molar refractivity (Wildman–Crippen MR) is 133 cm³/mol. The highest BCUT2D eigenvalue weighted by molar-refractivity contribution is 6.51. The van der Waals surface area contributed by atoms with E-state index in [1.807, 2.05) is 0 Å². The van der Waals surface area contributed by atoms with E-state index < -0.39 is 23.7 Å². The lowest BCUT2D eigenvalue weighted by Gasteiger charge is -2.23. The molecule has 36 heavy (non-hydrogen) atoms. The topological polar surface area (TPSA) is 106 Å². The number of carbonyl (C=O) groups is 3. The number of benzene rings is 2. The highest BCUT2D eigenvalue weighted by Crippen LogP contribution is 2.42. The number of furan rings is 1. The van der Waals surface area contributed by atoms with Crippen LogP contribution in [0.5, 0.6) is 5.75 Å². The van der Waals surface area contributed by atoms with Gasteiger partial charge >= 0.3 is 5.97 Å². The number of methoxy groups -OCH3 is 1. The second-order valence-corrected chi connectivity index (χ2v) is 8.30. The fourth-order valence-corrected chi connectivity index (χ4v) is 4.10. The zero-order valence-electron chi connectivity index (χ0n) is 20.1. The zero-order chi connectivity index (χ0) is 25.7. The first-order valence-electron chi connectivity index (χ1n) is 11.7. The van der Waals surface area contributed by atoms with Crippen LogP contribution in [-0.2, 0) is 14.3 Å². The van der Waals surface area contributed by atoms with Gasteiger partial charge in [0, 0.05) is 11.3 Å². The Morgan fingerprint density at radius 3 is 2.31 bits per heavy atom. The van der Waals surface area contributed by atoms with E-state index >= 15 is 0 Å². The molecule has 0 aliphatic carbocycles. The lowest BCUT2D eigenvalue weighted by Crippen LogP contribution is -2.29. The fraction of sp³-hybridized carbons (Fsp3) is 0.250. The van der Waals surface area contributed by atoms with Crippen molar-refractivity contribution in [3.63, 3.8) is 0 Å². The van der Waals surface area contributed by atoms with E-state index in [-0.39, 0.29) is 11.3 Å². The summed E-state index contributed by atoms with van der Waals surface area (Å²) in [5, 5.41) is 11.2. The highest BCUT2D eigenvalue weighted by Gasteiger charge is 2.48. The van der Waals surface area contributed by atoms with Crippen molar-refractivity contribution in [2.24, 2.45) is 0 Å². The summed E-state index contributed by atoms with van der Waals surface area (Å²) in [6, 6.07) is 15.1. The van der Waals surface area contributed by atoms with Gasteiger partial charge in [0.15, 0.2) is 0 Å². The molecule has 2 heterocycles. The number of ether oxygens (including phenoxy) is 2. The molecule has 1 N–H and O–H groups in total. The van der Waals surface area contributed by atoms with Crippen molar-refractivity contribution < 1.29 is 33.4 Å². The molecule has 8 nitrogen and oxygen atoms in total. The van der Waals surface area contributed by atoms with Crippen molar-refractivity contribution in [3.05, 3.63) is 89.4 Å². The van der Waals surface area contributed by atoms with Crippen LogP contribution in [0.2, 0.25) is 0 Å². The van der Waals surface area contributed by atoms with E-state index in [0.29, 0.717) is 34.9 Å². The average molecular weight is 490 g/mol. The number of amides is 1. The van der Waals surface area contributed by atoms with Crippen molar-refractivity contribution in [2.75, 3.05) is 18.6 Å². The molecule has 1 aromatic heterocycles. The first-order valence-corrected chi connectivity index (χ1v) is 11.7. The maximum Gasteiger partial charge on any atom is 0.337 e. The van der Waals surface area contributed by atoms with Gasteiger partial charge in [0.05, 0.1) is 31.1 Å². The molecule has 3 aromatic rings. The van der Waals surface area contributed by atoms with Crippen molar-refractivity contribution in [1.82, 2.24) is 0 Å². The third-order valence-corrected chi connectivity index (χ3v) is 5.97. The lowest BCUT2D eigenvalue weighted by molar-refractivity contribution is -0.132. The first kappa shape index (κ1) is 24.8. The Morgan fingerprint density at radius 2 is 1.69 bits per heavy atom. The summed E-state index contributed by atoms with van der Waals surface area (Å²) < 4.78 is 16.0. The minimum atomic E-state index is -0.992. The second kappa shape index (κ2) is 10.9. The summed E-state index contributed by atoms with van der Waals surface area (Å²) in [6.45, 7) is 2.71. The smallest absolute Gasteiger partial charge is 0.337 e. The van der Waals surface area contributed by atoms with Crippen molar-refractivity contribution in [1.29, 1.82) is 0 Å². The Labute approximate surface area is 208 Å². The van der Waals surface area contributed by atoms with Crippen molar-refractivity contribution >= 4 is 29.1 Å². The third-order valence-electron chi connectivity index (χ3n) is 5.97. The van der Waals surface area contributed by atoms with Gasteiger partial charge in [-0.3, -0.25) is 14.5 Å². The molecule has 0 radical (unpaired) electrons. The molecule has 0 saturated carbocycles. The van der Waals surface area contributed by atoms with Crippen LogP contribution in [0, 0.1) is 0 Å². The number of aliphatic hydroxyl groups excluding tert-OH is 1. The molecule has 186 valence electrons. The third kappa shape index (κ3) is 4.88. The molecule has 2 aromatic carbocycles. The number of anilines is 1. The van der Waals surface area contributed by atoms with Gasteiger partial charge in [0.1, 0.15) is 23.3 Å². The number of ketones is 1. The van der Waals surface area contributed by atoms with E-state index in [1.165, 1.54) is 42.5 Å². The highest BCUT2D eigenvalue weighted by atomic mass is 16.5. The normalized spacial score (nSPS) is 16.8. The van der Waals surface area contributed by atoms with Crippen LogP contribution in [0.3, 0.4) is 0 Å². The van der Waals surface area contributed by atoms with Crippen LogP contribution in [0.1, 0.15) is 53.9 Å². The number of hydrogen-bond acceptors (Lipinski definition) is 7. The molecule has 1 amide bonds. The summed E-state index contributed by atoms with van der Waals surface area (Å²) >= 11 is 0. The Hall–Kier alpha value is -4.33. The molecule has 4 rings (SSSR count). The quantitative estimate of drug-likeness (QED) is 0.144. The molecule has 1 aliphatic heterocycles. The molecule has 1 aliphatic rings. The van der Waals surface area contributed by atoms with E-state index in [9.17, 15) is 19.5 Å². The molecular formula is C28H27NO7. The Balaban J connectivity index is 1.70. The maximum absolute atomic E-state index is 13.2. The van der Waals surface area contributed by atoms with Gasteiger partial charge in [-0.05, 0) is 67.1 Å². The van der Waals surface area contributed by atoms with Gasteiger partial charge in [-0.2, -0.15) is 0 Å². The molecule has 1 atom stereocenters. The lowest BCUT2D eigenvalue weighted by atomic mass is 9.99. The minimum Gasteiger partial charge on any atom is -0.507 e. The maximum atomic E-state index is 13.2. The summed E-state index contributed by atoms with van der Waals surface area (Å²) in [4.78, 5) is 39.3. The van der Waals surface area contributed by atoms with Crippen LogP contribution >= 0.6 is 0 Å². The van der Waals surface area contributed by atoms with Gasteiger partial charge in [0.25, 0.3) is 11.7 Å². The van der Waals surface area contributed by atoms with E-state index in [1.54, 1.807) is 36.4 Å². The molecule has 1 saturated heterocycles. The number of hydrogen-bond donors (Lipinski definition) is 1. The summed E-state index contributed by atoms with van der Waals surface area (Å²) in [5.41, 5.74) is 0.931. The Morgan fingerprint density at radius 1 is 1.00 bits per heavy atom. The van der Waals surface area contributed by atoms with Crippen LogP contribution in [0.4, 0.5) is 5.69 Å². The molecular weight excluding hydrogens is 462 g/mol. The summed E-state index contributed by atoms with van der Waals surface area (Å²) in [6.07, 6.45) is 4.56. The van der Waals surface area contributed by atoms with Gasteiger partial charge in [-0.1, -0.05) is 19.8 Å². The average Bonchev–Trinajstić information content (AvgIpc) is 3.53. The molecule has 0 spiro atoms. The molecule has 1 fully saturated rings. The standard InChI is InChI=1S/C28H27NO7/c1-3-4-5-16-35-21-14-10-18(11-15-21)25(30)23-24(22-7-6-17-36-22)29(27(32)26(23)31)20-12-8-19(9-13-20)28(33)34-2/h6-15,17,24,30H,3-5,16H2,1-2H3/b25-23-. The molecule has 1 unspecified atom stereocenters. The number of esters is 1. The fourth-order valence-electron chi connectivity index (χ4n) is 4.10. The van der Waals surface area contributed by atoms with Crippen LogP contribution in [0.15, 0.2) is 76.9 Å². The first-order chi connectivity index (χ1) is 17.5. The number of rotatable bonds is 9. The van der Waals surface area contributed by atoms with Crippen molar-refractivity contribution in [3.8, 4) is 5.75 Å². The number of aliphatic hydroxyl groups is 1. The molecule has 0 bridgehead atoms. The SMILES string of the molecule is CCCCCOc1ccc(/C(O)=C2/C(=O)C(=O)N(c3ccc(C(=O)OC)cc3)C2c2ccco2)cc1. The monoisotopic (exact) mass is 489 g/mol. The Kier molecular flexibility index (Phi) is 7.53. The van der Waals surface area contributed by atoms with Gasteiger partial charge in [-0.25, -0.2) is 4.79 Å². The predicted octanol–water partition coefficient (Wildman–Crippen LogP) is 5.26. The second-order valence-electron chi connectivity index (χ2n) is 8.30. The van der Waals surface area contributed by atoms with Crippen LogP contribution in [0.25, 0.3) is 5.76 Å². The van der Waals surface area contributed by atoms with E-state index in [0.717, 1.165) is 19.3 Å². The summed E-state index contributed by atoms with van der Waals surface area (Å²) in [5.74, 6) is -1.55. The van der Waals surface area contributed by atoms with Gasteiger partial charge in [-0.15, -0.1) is 0 Å². The largest absolute Gasteiger partial charge is 0.507 e. The zero-order valence-corrected chi connectivity index (χ0v) is 20.1. The number of carbonyl (C=O) groups excluding carboxylic acids is 3. The van der Waals surface area contributed by atoms with Crippen molar-refractivity contribution in [2.45, 2.75) is 32.2 Å². The number of unbranched alkanes of at least 4 members (excludes halogenated alkanes) is 2. The molecule has 8 heteroatoms. The Bertz CT molecular complexity index is 1260. The van der Waals surface area contributed by atoms with Gasteiger partial charge < -0.3 is 19.0 Å².